The van der Waals surface area contributed by atoms with Crippen molar-refractivity contribution >= 4 is 12.3 Å². The minimum Gasteiger partial charge on any atom is -0.449 e. The molecule has 0 amide bonds. The summed E-state index contributed by atoms with van der Waals surface area (Å²) in [5, 5.41) is 32.1. The van der Waals surface area contributed by atoms with Gasteiger partial charge in [-0.2, -0.15) is 0 Å². The number of aliphatic hydroxyl groups is 2. The Balaban J connectivity index is 0. The van der Waals surface area contributed by atoms with Crippen molar-refractivity contribution in [1.29, 1.82) is 0 Å². The molecule has 0 aliphatic carbocycles. The van der Waals surface area contributed by atoms with E-state index in [0.717, 1.165) is 0 Å². The zero-order chi connectivity index (χ0) is 13.1. The lowest BCUT2D eigenvalue weighted by Crippen LogP contribution is -2.19. The molecule has 2 unspecified atom stereocenters. The zero-order valence-electron chi connectivity index (χ0n) is 8.99. The van der Waals surface area contributed by atoms with E-state index < -0.39 is 18.4 Å². The van der Waals surface area contributed by atoms with Crippen molar-refractivity contribution in [2.24, 2.45) is 0 Å². The van der Waals surface area contributed by atoms with Gasteiger partial charge in [-0.1, -0.05) is 0 Å². The fourth-order valence-electron chi connectivity index (χ4n) is 0.431. The van der Waals surface area contributed by atoms with Crippen molar-refractivity contribution in [2.75, 3.05) is 13.2 Å². The van der Waals surface area contributed by atoms with Crippen molar-refractivity contribution in [3.05, 3.63) is 0 Å². The van der Waals surface area contributed by atoms with Crippen LogP contribution in [0.4, 0.5) is 9.59 Å². The van der Waals surface area contributed by atoms with Crippen molar-refractivity contribution < 1.29 is 39.5 Å². The Hall–Kier alpha value is -1.38. The maximum Gasteiger partial charge on any atom is 0.516 e. The van der Waals surface area contributed by atoms with Gasteiger partial charge in [-0.3, -0.25) is 0 Å². The first-order chi connectivity index (χ1) is 7.29. The van der Waals surface area contributed by atoms with Gasteiger partial charge in [-0.25, -0.2) is 9.59 Å². The van der Waals surface area contributed by atoms with E-state index in [1.165, 1.54) is 0 Å². The van der Waals surface area contributed by atoms with Gasteiger partial charge >= 0.3 is 12.3 Å². The van der Waals surface area contributed by atoms with E-state index in [0.29, 0.717) is 6.61 Å². The Kier molecular flexibility index (Phi) is 10.8. The maximum absolute atomic E-state index is 9.21. The van der Waals surface area contributed by atoms with Crippen LogP contribution in [0.3, 0.4) is 0 Å². The highest BCUT2D eigenvalue weighted by Crippen LogP contribution is 1.90. The summed E-state index contributed by atoms with van der Waals surface area (Å²) in [5.74, 6) is 0. The van der Waals surface area contributed by atoms with Gasteiger partial charge in [0.1, 0.15) is 0 Å². The quantitative estimate of drug-likeness (QED) is 0.402. The molecule has 0 fully saturated rings. The fraction of sp³-hybridized carbons (Fsp3) is 0.750. The fourth-order valence-corrected chi connectivity index (χ4v) is 0.431. The Bertz CT molecular complexity index is 190. The Labute approximate surface area is 92.0 Å². The summed E-state index contributed by atoms with van der Waals surface area (Å²) in [6.45, 7) is 3.70. The second-order valence-corrected chi connectivity index (χ2v) is 2.81. The minimum absolute atomic E-state index is 0.00667. The topological polar surface area (TPSA) is 134 Å². The molecule has 8 heteroatoms. The van der Waals surface area contributed by atoms with Crippen LogP contribution in [-0.4, -0.2) is 58.2 Å². The first kappa shape index (κ1) is 17.0. The molecule has 0 rings (SSSR count). The Morgan fingerprint density at radius 1 is 1.19 bits per heavy atom. The average molecular weight is 240 g/mol. The lowest BCUT2D eigenvalue weighted by Gasteiger charge is -2.10. The normalized spacial score (nSPS) is 13.0. The van der Waals surface area contributed by atoms with Crippen LogP contribution in [0.1, 0.15) is 13.8 Å². The molecular formula is C8H16O8. The molecule has 0 aliphatic heterocycles. The highest BCUT2D eigenvalue weighted by Gasteiger charge is 2.01. The third-order valence-corrected chi connectivity index (χ3v) is 1.05. The molecule has 0 radical (unpaired) electrons. The van der Waals surface area contributed by atoms with Crippen LogP contribution >= 0.6 is 0 Å². The van der Waals surface area contributed by atoms with Crippen LogP contribution in [0, 0.1) is 0 Å². The summed E-state index contributed by atoms with van der Waals surface area (Å²) in [5.41, 5.74) is 0. The van der Waals surface area contributed by atoms with E-state index in [1.807, 2.05) is 0 Å². The minimum atomic E-state index is -1.81. The van der Waals surface area contributed by atoms with Crippen molar-refractivity contribution in [2.45, 2.75) is 26.1 Å². The SMILES string of the molecule is CC(O)COC(C)CO.O=C(O)OC(=O)O. The van der Waals surface area contributed by atoms with Gasteiger partial charge < -0.3 is 29.9 Å². The van der Waals surface area contributed by atoms with E-state index in [2.05, 4.69) is 4.74 Å². The van der Waals surface area contributed by atoms with Gasteiger partial charge in [0.15, 0.2) is 0 Å². The summed E-state index contributed by atoms with van der Waals surface area (Å²) in [6.07, 6.45) is -4.24. The smallest absolute Gasteiger partial charge is 0.449 e. The molecule has 2 atom stereocenters. The molecule has 0 aromatic heterocycles. The summed E-state index contributed by atoms with van der Waals surface area (Å²) in [4.78, 5) is 18.4. The second kappa shape index (κ2) is 10.1. The first-order valence-electron chi connectivity index (χ1n) is 4.33. The summed E-state index contributed by atoms with van der Waals surface area (Å²) < 4.78 is 8.04. The molecule has 0 aromatic rings. The number of ether oxygens (including phenoxy) is 2. The lowest BCUT2D eigenvalue weighted by atomic mass is 10.4. The van der Waals surface area contributed by atoms with Gasteiger partial charge in [0.05, 0.1) is 25.4 Å². The van der Waals surface area contributed by atoms with Crippen molar-refractivity contribution in [1.82, 2.24) is 0 Å². The van der Waals surface area contributed by atoms with E-state index in [4.69, 9.17) is 25.2 Å². The van der Waals surface area contributed by atoms with Crippen LogP contribution in [0.25, 0.3) is 0 Å². The largest absolute Gasteiger partial charge is 0.516 e. The molecule has 0 saturated carbocycles. The standard InChI is InChI=1S/C6H14O3.C2H2O5/c1-5(8)4-9-6(2)3-7;3-1(4)7-2(5)6/h5-8H,3-4H2,1-2H3;(H,3,4)(H,5,6). The van der Waals surface area contributed by atoms with Crippen LogP contribution < -0.4 is 0 Å². The molecule has 16 heavy (non-hydrogen) atoms. The summed E-state index contributed by atoms with van der Waals surface area (Å²) >= 11 is 0. The highest BCUT2D eigenvalue weighted by atomic mass is 16.7. The average Bonchev–Trinajstić information content (AvgIpc) is 2.12. The monoisotopic (exact) mass is 240 g/mol. The third kappa shape index (κ3) is 18.4. The van der Waals surface area contributed by atoms with Gasteiger partial charge in [-0.05, 0) is 13.8 Å². The molecule has 0 aromatic carbocycles. The summed E-state index contributed by atoms with van der Waals surface area (Å²) in [6, 6.07) is 0. The third-order valence-electron chi connectivity index (χ3n) is 1.05. The molecule has 96 valence electrons. The van der Waals surface area contributed by atoms with Gasteiger partial charge in [0.2, 0.25) is 0 Å². The van der Waals surface area contributed by atoms with Crippen LogP contribution in [0.5, 0.6) is 0 Å². The van der Waals surface area contributed by atoms with Gasteiger partial charge in [0.25, 0.3) is 0 Å². The maximum atomic E-state index is 9.21. The number of rotatable bonds is 4. The van der Waals surface area contributed by atoms with E-state index in [-0.39, 0.29) is 12.7 Å². The molecule has 0 aliphatic rings. The first-order valence-corrected chi connectivity index (χ1v) is 4.33. The van der Waals surface area contributed by atoms with E-state index >= 15 is 0 Å². The number of aliphatic hydroxyl groups excluding tert-OH is 2. The number of hydrogen-bond donors (Lipinski definition) is 4. The van der Waals surface area contributed by atoms with Crippen LogP contribution in [0.2, 0.25) is 0 Å². The predicted octanol–water partition coefficient (Wildman–Crippen LogP) is 0.124. The molecule has 8 nitrogen and oxygen atoms in total. The van der Waals surface area contributed by atoms with Crippen molar-refractivity contribution in [3.8, 4) is 0 Å². The van der Waals surface area contributed by atoms with E-state index in [9.17, 15) is 9.59 Å². The van der Waals surface area contributed by atoms with Crippen molar-refractivity contribution in [3.63, 3.8) is 0 Å². The highest BCUT2D eigenvalue weighted by molar-refractivity contribution is 5.74. The van der Waals surface area contributed by atoms with Gasteiger partial charge in [-0.15, -0.1) is 0 Å². The molecule has 0 spiro atoms. The molecular weight excluding hydrogens is 224 g/mol. The molecule has 0 heterocycles. The van der Waals surface area contributed by atoms with Crippen LogP contribution in [-0.2, 0) is 9.47 Å². The number of carbonyl (C=O) groups is 2. The zero-order valence-corrected chi connectivity index (χ0v) is 8.99. The summed E-state index contributed by atoms with van der Waals surface area (Å²) in [7, 11) is 0. The molecule has 0 saturated heterocycles. The predicted molar refractivity (Wildman–Crippen MR) is 51.3 cm³/mol. The number of hydrogen-bond acceptors (Lipinski definition) is 6. The Morgan fingerprint density at radius 2 is 1.62 bits per heavy atom. The van der Waals surface area contributed by atoms with E-state index in [1.54, 1.807) is 13.8 Å². The number of carboxylic acid groups (broad SMARTS) is 2. The lowest BCUT2D eigenvalue weighted by molar-refractivity contribution is -0.0177. The van der Waals surface area contributed by atoms with Crippen LogP contribution in [0.15, 0.2) is 0 Å². The second-order valence-electron chi connectivity index (χ2n) is 2.81. The molecule has 4 N–H and O–H groups in total. The Morgan fingerprint density at radius 3 is 1.81 bits per heavy atom. The van der Waals surface area contributed by atoms with Gasteiger partial charge in [0, 0.05) is 0 Å². The molecule has 0 bridgehead atoms.